The highest BCUT2D eigenvalue weighted by Crippen LogP contribution is 2.59. The number of nitrogens with zero attached hydrogens (tertiary/aromatic N) is 3. The molecule has 330 valence electrons. The van der Waals surface area contributed by atoms with Crippen LogP contribution in [0.2, 0.25) is 0 Å². The lowest BCUT2D eigenvalue weighted by atomic mass is 9.62. The lowest BCUT2D eigenvalue weighted by Crippen LogP contribution is -2.38. The zero-order chi connectivity index (χ0) is 46.6. The van der Waals surface area contributed by atoms with Gasteiger partial charge in [-0.15, -0.1) is 0 Å². The van der Waals surface area contributed by atoms with Crippen LogP contribution in [0.4, 0.5) is 51.2 Å². The summed E-state index contributed by atoms with van der Waals surface area (Å²) in [5.41, 5.74) is 25.5. The van der Waals surface area contributed by atoms with E-state index in [9.17, 15) is 0 Å². The first-order chi connectivity index (χ1) is 32.4. The maximum absolute atomic E-state index is 2.49. The van der Waals surface area contributed by atoms with E-state index in [-0.39, 0.29) is 0 Å². The average molecular weight is 870 g/mol. The van der Waals surface area contributed by atoms with Gasteiger partial charge in [0.2, 0.25) is 0 Å². The van der Waals surface area contributed by atoms with Crippen LogP contribution in [-0.2, 0) is 5.41 Å². The first kappa shape index (κ1) is 43.3. The topological polar surface area (TPSA) is 9.72 Å². The molecule has 0 fully saturated rings. The Morgan fingerprint density at radius 3 is 1.03 bits per heavy atom. The van der Waals surface area contributed by atoms with Gasteiger partial charge in [0.1, 0.15) is 0 Å². The van der Waals surface area contributed by atoms with Crippen LogP contribution in [0.15, 0.2) is 194 Å². The second-order valence-corrected chi connectivity index (χ2v) is 18.9. The largest absolute Gasteiger partial charge is 0.310 e. The predicted octanol–water partition coefficient (Wildman–Crippen LogP) is 17.6. The highest BCUT2D eigenvalue weighted by molar-refractivity contribution is 5.91. The van der Waals surface area contributed by atoms with Crippen molar-refractivity contribution >= 4 is 51.2 Å². The Morgan fingerprint density at radius 2 is 0.657 bits per heavy atom. The quantitative estimate of drug-likeness (QED) is 0.143. The third kappa shape index (κ3) is 7.59. The monoisotopic (exact) mass is 869 g/mol. The van der Waals surface area contributed by atoms with Gasteiger partial charge in [0.25, 0.3) is 0 Å². The van der Waals surface area contributed by atoms with Crippen molar-refractivity contribution in [1.29, 1.82) is 0 Å². The van der Waals surface area contributed by atoms with Crippen LogP contribution in [-0.4, -0.2) is 0 Å². The lowest BCUT2D eigenvalue weighted by molar-refractivity contribution is 0.731. The van der Waals surface area contributed by atoms with Gasteiger partial charge in [0.05, 0.1) is 16.8 Å². The van der Waals surface area contributed by atoms with Crippen molar-refractivity contribution in [2.45, 2.75) is 67.7 Å². The second kappa shape index (κ2) is 17.3. The minimum absolute atomic E-state index is 0.760. The number of fused-ring (bicyclic) bond motifs is 2. The van der Waals surface area contributed by atoms with Crippen molar-refractivity contribution in [1.82, 2.24) is 0 Å². The van der Waals surface area contributed by atoms with Gasteiger partial charge in [-0.3, -0.25) is 0 Å². The molecule has 0 N–H and O–H groups in total. The van der Waals surface area contributed by atoms with Crippen molar-refractivity contribution in [2.75, 3.05) is 14.7 Å². The van der Waals surface area contributed by atoms with E-state index < -0.39 is 5.41 Å². The van der Waals surface area contributed by atoms with Crippen LogP contribution in [0.3, 0.4) is 0 Å². The number of hydrogen-bond donors (Lipinski definition) is 0. The van der Waals surface area contributed by atoms with Gasteiger partial charge in [-0.25, -0.2) is 0 Å². The molecule has 10 rings (SSSR count). The molecule has 67 heavy (non-hydrogen) atoms. The standard InChI is InChI=1S/C64H59N3/c1-42-28-34-53(35-29-42)65-58-22-12-10-20-56(58)64(57-21-11-13-23-59(57)65,51-16-14-18-54(40-51)66(60-36-43(2)24-30-47(60)6)61-37-44(3)25-31-48(61)7)52-17-15-19-55(41-52)67(62-38-45(4)26-32-49(62)8)63-39-46(5)27-33-50(63)9/h10-41H,1-9H3. The van der Waals surface area contributed by atoms with Crippen LogP contribution in [0.1, 0.15) is 72.3 Å². The summed E-state index contributed by atoms with van der Waals surface area (Å²) < 4.78 is 0. The zero-order valence-electron chi connectivity index (χ0n) is 40.3. The minimum Gasteiger partial charge on any atom is -0.310 e. The number of benzene rings is 9. The Labute approximate surface area is 398 Å². The van der Waals surface area contributed by atoms with Gasteiger partial charge in [-0.05, 0) is 202 Å². The summed E-state index contributed by atoms with van der Waals surface area (Å²) >= 11 is 0. The number of rotatable bonds is 9. The predicted molar refractivity (Wildman–Crippen MR) is 285 cm³/mol. The molecule has 1 heterocycles. The minimum atomic E-state index is -0.760. The van der Waals surface area contributed by atoms with E-state index in [0.717, 1.165) is 28.4 Å². The summed E-state index contributed by atoms with van der Waals surface area (Å²) in [6, 6.07) is 73.2. The third-order valence-electron chi connectivity index (χ3n) is 13.9. The molecule has 0 amide bonds. The molecule has 0 spiro atoms. The van der Waals surface area contributed by atoms with Crippen LogP contribution in [0.5, 0.6) is 0 Å². The van der Waals surface area contributed by atoms with Crippen molar-refractivity contribution < 1.29 is 0 Å². The van der Waals surface area contributed by atoms with Gasteiger partial charge in [-0.1, -0.05) is 127 Å². The Kier molecular flexibility index (Phi) is 11.2. The molecule has 1 aliphatic heterocycles. The molecule has 0 saturated carbocycles. The normalized spacial score (nSPS) is 12.6. The SMILES string of the molecule is Cc1ccc(N2c3ccccc3C(c3cccc(N(c4cc(C)ccc4C)c4cc(C)ccc4C)c3)(c3cccc(N(c4cc(C)ccc4C)c4cc(C)ccc4C)c3)c3ccccc32)cc1. The lowest BCUT2D eigenvalue weighted by Gasteiger charge is -2.47. The van der Waals surface area contributed by atoms with Gasteiger partial charge in [-0.2, -0.15) is 0 Å². The molecule has 0 radical (unpaired) electrons. The van der Waals surface area contributed by atoms with Crippen molar-refractivity contribution in [3.63, 3.8) is 0 Å². The van der Waals surface area contributed by atoms with Crippen LogP contribution in [0.25, 0.3) is 0 Å². The van der Waals surface area contributed by atoms with E-state index in [1.165, 1.54) is 95.1 Å². The molecule has 3 heteroatoms. The van der Waals surface area contributed by atoms with E-state index in [1.807, 2.05) is 0 Å². The molecule has 0 saturated heterocycles. The Balaban J connectivity index is 1.31. The van der Waals surface area contributed by atoms with E-state index in [4.69, 9.17) is 0 Å². The summed E-state index contributed by atoms with van der Waals surface area (Å²) in [6.45, 7) is 19.9. The first-order valence-corrected chi connectivity index (χ1v) is 23.6. The van der Waals surface area contributed by atoms with Gasteiger partial charge in [0, 0.05) is 39.8 Å². The fraction of sp³-hybridized carbons (Fsp3) is 0.156. The summed E-state index contributed by atoms with van der Waals surface area (Å²) in [6.07, 6.45) is 0. The fourth-order valence-electron chi connectivity index (χ4n) is 10.4. The molecule has 3 nitrogen and oxygen atoms in total. The van der Waals surface area contributed by atoms with Crippen LogP contribution >= 0.6 is 0 Å². The second-order valence-electron chi connectivity index (χ2n) is 18.9. The maximum atomic E-state index is 2.49. The Bertz CT molecular complexity index is 3020. The van der Waals surface area contributed by atoms with Gasteiger partial charge in [0.15, 0.2) is 0 Å². The number of hydrogen-bond acceptors (Lipinski definition) is 3. The van der Waals surface area contributed by atoms with Crippen molar-refractivity contribution in [2.24, 2.45) is 0 Å². The van der Waals surface area contributed by atoms with E-state index in [2.05, 4.69) is 271 Å². The molecular formula is C64H59N3. The molecule has 9 aromatic rings. The summed E-state index contributed by atoms with van der Waals surface area (Å²) in [4.78, 5) is 7.44. The highest BCUT2D eigenvalue weighted by Gasteiger charge is 2.47. The Hall–Kier alpha value is -7.62. The van der Waals surface area contributed by atoms with E-state index in [0.29, 0.717) is 0 Å². The maximum Gasteiger partial charge on any atom is 0.0743 e. The third-order valence-corrected chi connectivity index (χ3v) is 13.9. The highest BCUT2D eigenvalue weighted by atomic mass is 15.2. The van der Waals surface area contributed by atoms with Crippen molar-refractivity contribution in [3.05, 3.63) is 266 Å². The molecule has 0 unspecified atom stereocenters. The fourth-order valence-corrected chi connectivity index (χ4v) is 10.4. The molecule has 0 atom stereocenters. The summed E-state index contributed by atoms with van der Waals surface area (Å²) in [7, 11) is 0. The Morgan fingerprint density at radius 1 is 0.313 bits per heavy atom. The van der Waals surface area contributed by atoms with Crippen LogP contribution in [0, 0.1) is 62.3 Å². The molecular weight excluding hydrogens is 811 g/mol. The molecule has 9 aromatic carbocycles. The molecule has 0 aliphatic carbocycles. The summed E-state index contributed by atoms with van der Waals surface area (Å²) in [5, 5.41) is 0. The van der Waals surface area contributed by atoms with Crippen molar-refractivity contribution in [3.8, 4) is 0 Å². The average Bonchev–Trinajstić information content (AvgIpc) is 3.33. The molecule has 0 bridgehead atoms. The van der Waals surface area contributed by atoms with E-state index in [1.54, 1.807) is 0 Å². The molecule has 0 aromatic heterocycles. The molecule has 1 aliphatic rings. The van der Waals surface area contributed by atoms with Crippen LogP contribution < -0.4 is 14.7 Å². The zero-order valence-corrected chi connectivity index (χ0v) is 40.3. The number of anilines is 9. The summed E-state index contributed by atoms with van der Waals surface area (Å²) in [5.74, 6) is 0. The smallest absolute Gasteiger partial charge is 0.0743 e. The first-order valence-electron chi connectivity index (χ1n) is 23.6. The number of aryl methyl sites for hydroxylation is 9. The van der Waals surface area contributed by atoms with Gasteiger partial charge < -0.3 is 14.7 Å². The number of para-hydroxylation sites is 2. The van der Waals surface area contributed by atoms with E-state index >= 15 is 0 Å². The van der Waals surface area contributed by atoms with Gasteiger partial charge >= 0.3 is 0 Å².